The molecule has 0 aromatic carbocycles. The number of ether oxygens (including phenoxy) is 1. The molecule has 84 valence electrons. The SMILES string of the molecule is COc1nc(CC(=O)O)oc1-c1cnco1. The lowest BCUT2D eigenvalue weighted by Gasteiger charge is -1.93. The van der Waals surface area contributed by atoms with Crippen LogP contribution in [-0.4, -0.2) is 28.2 Å². The van der Waals surface area contributed by atoms with Crippen LogP contribution in [0.3, 0.4) is 0 Å². The first-order chi connectivity index (χ1) is 7.70. The van der Waals surface area contributed by atoms with Crippen LogP contribution in [0.2, 0.25) is 0 Å². The summed E-state index contributed by atoms with van der Waals surface area (Å²) in [6.07, 6.45) is 2.34. The van der Waals surface area contributed by atoms with E-state index in [4.69, 9.17) is 18.7 Å². The molecule has 7 heteroatoms. The highest BCUT2D eigenvalue weighted by atomic mass is 16.5. The van der Waals surface area contributed by atoms with Crippen LogP contribution in [0.15, 0.2) is 21.4 Å². The fourth-order valence-corrected chi connectivity index (χ4v) is 1.18. The van der Waals surface area contributed by atoms with Gasteiger partial charge in [0, 0.05) is 0 Å². The quantitative estimate of drug-likeness (QED) is 0.825. The van der Waals surface area contributed by atoms with Gasteiger partial charge in [-0.3, -0.25) is 4.79 Å². The molecule has 2 aromatic heterocycles. The van der Waals surface area contributed by atoms with E-state index in [2.05, 4.69) is 9.97 Å². The first-order valence-corrected chi connectivity index (χ1v) is 4.35. The summed E-state index contributed by atoms with van der Waals surface area (Å²) < 4.78 is 15.2. The molecule has 0 bridgehead atoms. The Hall–Kier alpha value is -2.31. The van der Waals surface area contributed by atoms with Crippen molar-refractivity contribution in [3.05, 3.63) is 18.5 Å². The standard InChI is InChI=1S/C9H8N2O5/c1-14-9-8(5-3-10-4-15-5)16-6(11-9)2-7(12)13/h3-4H,2H2,1H3,(H,12,13). The van der Waals surface area contributed by atoms with Crippen molar-refractivity contribution in [2.45, 2.75) is 6.42 Å². The zero-order valence-electron chi connectivity index (χ0n) is 8.34. The molecule has 0 saturated carbocycles. The van der Waals surface area contributed by atoms with E-state index < -0.39 is 5.97 Å². The van der Waals surface area contributed by atoms with Crippen LogP contribution >= 0.6 is 0 Å². The maximum atomic E-state index is 10.5. The maximum absolute atomic E-state index is 10.5. The van der Waals surface area contributed by atoms with Gasteiger partial charge in [0.2, 0.25) is 11.7 Å². The normalized spacial score (nSPS) is 10.3. The summed E-state index contributed by atoms with van der Waals surface area (Å²) in [6.45, 7) is 0. The summed E-state index contributed by atoms with van der Waals surface area (Å²) in [6, 6.07) is 0. The molecule has 1 N–H and O–H groups in total. The van der Waals surface area contributed by atoms with Gasteiger partial charge in [-0.2, -0.15) is 4.98 Å². The van der Waals surface area contributed by atoms with Crippen LogP contribution < -0.4 is 4.74 Å². The highest BCUT2D eigenvalue weighted by Gasteiger charge is 2.19. The molecule has 0 amide bonds. The summed E-state index contributed by atoms with van der Waals surface area (Å²) >= 11 is 0. The van der Waals surface area contributed by atoms with Crippen molar-refractivity contribution in [3.8, 4) is 17.4 Å². The summed E-state index contributed by atoms with van der Waals surface area (Å²) in [4.78, 5) is 18.1. The van der Waals surface area contributed by atoms with Crippen molar-refractivity contribution in [3.63, 3.8) is 0 Å². The van der Waals surface area contributed by atoms with Gasteiger partial charge in [-0.15, -0.1) is 0 Å². The zero-order chi connectivity index (χ0) is 11.5. The molecule has 7 nitrogen and oxygen atoms in total. The number of nitrogens with zero attached hydrogens (tertiary/aromatic N) is 2. The number of methoxy groups -OCH3 is 1. The van der Waals surface area contributed by atoms with E-state index in [1.807, 2.05) is 0 Å². The second-order valence-corrected chi connectivity index (χ2v) is 2.88. The lowest BCUT2D eigenvalue weighted by molar-refractivity contribution is -0.136. The summed E-state index contributed by atoms with van der Waals surface area (Å²) in [5.74, 6) is -0.242. The molecule has 0 aliphatic carbocycles. The van der Waals surface area contributed by atoms with Crippen LogP contribution in [0.5, 0.6) is 5.88 Å². The highest BCUT2D eigenvalue weighted by molar-refractivity contribution is 5.69. The number of hydrogen-bond donors (Lipinski definition) is 1. The minimum atomic E-state index is -1.03. The van der Waals surface area contributed by atoms with Crippen molar-refractivity contribution in [1.29, 1.82) is 0 Å². The van der Waals surface area contributed by atoms with Gasteiger partial charge in [0.15, 0.2) is 12.2 Å². The van der Waals surface area contributed by atoms with Crippen LogP contribution in [0.4, 0.5) is 0 Å². The van der Waals surface area contributed by atoms with E-state index in [0.29, 0.717) is 5.76 Å². The lowest BCUT2D eigenvalue weighted by Crippen LogP contribution is -1.99. The molecule has 0 unspecified atom stereocenters. The minimum Gasteiger partial charge on any atom is -0.481 e. The number of hydrogen-bond acceptors (Lipinski definition) is 6. The molecule has 2 aromatic rings. The Morgan fingerprint density at radius 1 is 1.62 bits per heavy atom. The Bertz CT molecular complexity index is 488. The van der Waals surface area contributed by atoms with Gasteiger partial charge in [-0.1, -0.05) is 0 Å². The van der Waals surface area contributed by atoms with Gasteiger partial charge in [-0.25, -0.2) is 4.98 Å². The third-order valence-corrected chi connectivity index (χ3v) is 1.79. The average Bonchev–Trinajstić information content (AvgIpc) is 2.83. The molecule has 16 heavy (non-hydrogen) atoms. The Morgan fingerprint density at radius 3 is 3.00 bits per heavy atom. The molecule has 0 saturated heterocycles. The van der Waals surface area contributed by atoms with Crippen molar-refractivity contribution >= 4 is 5.97 Å². The van der Waals surface area contributed by atoms with Crippen molar-refractivity contribution in [1.82, 2.24) is 9.97 Å². The number of aromatic nitrogens is 2. The van der Waals surface area contributed by atoms with Gasteiger partial charge in [0.05, 0.1) is 13.3 Å². The van der Waals surface area contributed by atoms with E-state index in [1.54, 1.807) is 0 Å². The van der Waals surface area contributed by atoms with Gasteiger partial charge in [0.1, 0.15) is 6.42 Å². The van der Waals surface area contributed by atoms with E-state index >= 15 is 0 Å². The third kappa shape index (κ3) is 1.88. The van der Waals surface area contributed by atoms with Gasteiger partial charge >= 0.3 is 5.97 Å². The highest BCUT2D eigenvalue weighted by Crippen LogP contribution is 2.30. The molecule has 2 heterocycles. The second kappa shape index (κ2) is 4.05. The number of oxazole rings is 2. The zero-order valence-corrected chi connectivity index (χ0v) is 8.34. The lowest BCUT2D eigenvalue weighted by atomic mass is 10.4. The monoisotopic (exact) mass is 224 g/mol. The maximum Gasteiger partial charge on any atom is 0.312 e. The van der Waals surface area contributed by atoms with E-state index in [0.717, 1.165) is 0 Å². The predicted octanol–water partition coefficient (Wildman–Crippen LogP) is 0.965. The Balaban J connectivity index is 2.37. The molecule has 0 aliphatic rings. The average molecular weight is 224 g/mol. The fraction of sp³-hybridized carbons (Fsp3) is 0.222. The number of carboxylic acid groups (broad SMARTS) is 1. The van der Waals surface area contributed by atoms with Crippen molar-refractivity contribution in [2.24, 2.45) is 0 Å². The van der Waals surface area contributed by atoms with Crippen molar-refractivity contribution < 1.29 is 23.5 Å². The van der Waals surface area contributed by atoms with Crippen LogP contribution in [0.25, 0.3) is 11.5 Å². The van der Waals surface area contributed by atoms with E-state index in [-0.39, 0.29) is 24.0 Å². The van der Waals surface area contributed by atoms with Gasteiger partial charge < -0.3 is 18.7 Å². The largest absolute Gasteiger partial charge is 0.481 e. The Morgan fingerprint density at radius 2 is 2.44 bits per heavy atom. The van der Waals surface area contributed by atoms with E-state index in [1.165, 1.54) is 19.7 Å². The first-order valence-electron chi connectivity index (χ1n) is 4.35. The molecular weight excluding hydrogens is 216 g/mol. The molecule has 0 atom stereocenters. The third-order valence-electron chi connectivity index (χ3n) is 1.79. The molecule has 0 fully saturated rings. The Kier molecular flexibility index (Phi) is 2.59. The summed E-state index contributed by atoms with van der Waals surface area (Å²) in [7, 11) is 1.41. The van der Waals surface area contributed by atoms with Crippen molar-refractivity contribution in [2.75, 3.05) is 7.11 Å². The van der Waals surface area contributed by atoms with E-state index in [9.17, 15) is 4.79 Å². The Labute approximate surface area is 89.7 Å². The summed E-state index contributed by atoms with van der Waals surface area (Å²) in [5.41, 5.74) is 0. The topological polar surface area (TPSA) is 98.6 Å². The number of carboxylic acids is 1. The number of aliphatic carboxylic acids is 1. The number of rotatable bonds is 4. The molecule has 0 aliphatic heterocycles. The van der Waals surface area contributed by atoms with Crippen LogP contribution in [-0.2, 0) is 11.2 Å². The van der Waals surface area contributed by atoms with Gasteiger partial charge in [0.25, 0.3) is 5.88 Å². The smallest absolute Gasteiger partial charge is 0.312 e. The minimum absolute atomic E-state index is 0.0516. The number of carbonyl (C=O) groups is 1. The molecule has 0 radical (unpaired) electrons. The van der Waals surface area contributed by atoms with Crippen LogP contribution in [0, 0.1) is 0 Å². The molecular formula is C9H8N2O5. The molecule has 0 spiro atoms. The fourth-order valence-electron chi connectivity index (χ4n) is 1.18. The molecule has 2 rings (SSSR count). The van der Waals surface area contributed by atoms with Crippen LogP contribution in [0.1, 0.15) is 5.89 Å². The first kappa shape index (κ1) is 10.2. The summed E-state index contributed by atoms with van der Waals surface area (Å²) in [5, 5.41) is 8.59. The second-order valence-electron chi connectivity index (χ2n) is 2.88. The van der Waals surface area contributed by atoms with Gasteiger partial charge in [-0.05, 0) is 0 Å². The predicted molar refractivity (Wildman–Crippen MR) is 49.9 cm³/mol.